The predicted octanol–water partition coefficient (Wildman–Crippen LogP) is 4.43. The summed E-state index contributed by atoms with van der Waals surface area (Å²) < 4.78 is 11.3. The van der Waals surface area contributed by atoms with Crippen LogP contribution in [0.5, 0.6) is 0 Å². The summed E-state index contributed by atoms with van der Waals surface area (Å²) in [5.74, 6) is 0. The molecule has 2 aliphatic rings. The smallest absolute Gasteiger partial charge is 0.413 e. The Morgan fingerprint density at radius 1 is 1.04 bits per heavy atom. The van der Waals surface area contributed by atoms with E-state index in [9.17, 15) is 4.79 Å². The maximum atomic E-state index is 12.7. The van der Waals surface area contributed by atoms with E-state index in [0.717, 1.165) is 11.1 Å². The van der Waals surface area contributed by atoms with E-state index in [1.807, 2.05) is 67.6 Å². The van der Waals surface area contributed by atoms with E-state index >= 15 is 0 Å². The summed E-state index contributed by atoms with van der Waals surface area (Å²) in [6.45, 7) is 2.48. The summed E-state index contributed by atoms with van der Waals surface area (Å²) in [6.07, 6.45) is -1.12. The number of nitrogens with zero attached hydrogens (tertiary/aromatic N) is 1. The van der Waals surface area contributed by atoms with Gasteiger partial charge in [-0.3, -0.25) is 4.90 Å². The van der Waals surface area contributed by atoms with E-state index in [0.29, 0.717) is 6.61 Å². The number of amides is 1. The molecule has 2 aromatic carbocycles. The maximum absolute atomic E-state index is 12.7. The molecule has 24 heavy (non-hydrogen) atoms. The van der Waals surface area contributed by atoms with Crippen molar-refractivity contribution < 1.29 is 14.3 Å². The van der Waals surface area contributed by atoms with Gasteiger partial charge >= 0.3 is 6.09 Å². The Balaban J connectivity index is 1.68. The zero-order chi connectivity index (χ0) is 16.7. The van der Waals surface area contributed by atoms with Gasteiger partial charge in [-0.05, 0) is 18.1 Å². The zero-order valence-electron chi connectivity index (χ0n) is 13.3. The van der Waals surface area contributed by atoms with Crippen LogP contribution in [0.2, 0.25) is 0 Å². The Morgan fingerprint density at radius 2 is 1.62 bits per heavy atom. The van der Waals surface area contributed by atoms with E-state index in [1.165, 1.54) is 0 Å². The van der Waals surface area contributed by atoms with Crippen LogP contribution in [0.25, 0.3) is 0 Å². The second-order valence-corrected chi connectivity index (χ2v) is 8.05. The third-order valence-corrected chi connectivity index (χ3v) is 5.52. The van der Waals surface area contributed by atoms with Gasteiger partial charge in [-0.25, -0.2) is 4.79 Å². The lowest BCUT2D eigenvalue weighted by Gasteiger charge is -2.45. The van der Waals surface area contributed by atoms with Crippen LogP contribution in [-0.4, -0.2) is 28.2 Å². The van der Waals surface area contributed by atoms with Gasteiger partial charge in [0.05, 0.1) is 12.6 Å². The lowest BCUT2D eigenvalue weighted by molar-refractivity contribution is -0.0829. The molecule has 1 amide bonds. The van der Waals surface area contributed by atoms with Crippen molar-refractivity contribution in [1.82, 2.24) is 4.90 Å². The van der Waals surface area contributed by atoms with Crippen molar-refractivity contribution in [2.45, 2.75) is 29.6 Å². The molecule has 2 fully saturated rings. The second-order valence-electron chi connectivity index (χ2n) is 6.35. The summed E-state index contributed by atoms with van der Waals surface area (Å²) in [7, 11) is 0. The Bertz CT molecular complexity index is 735. The first-order valence-electron chi connectivity index (χ1n) is 7.98. The second kappa shape index (κ2) is 5.90. The Hall–Kier alpha value is -1.85. The van der Waals surface area contributed by atoms with Crippen LogP contribution in [0.15, 0.2) is 60.7 Å². The maximum Gasteiger partial charge on any atom is 0.413 e. The van der Waals surface area contributed by atoms with Crippen LogP contribution >= 0.6 is 15.9 Å². The highest BCUT2D eigenvalue weighted by molar-refractivity contribution is 9.10. The average molecular weight is 388 g/mol. The van der Waals surface area contributed by atoms with Crippen molar-refractivity contribution in [3.63, 3.8) is 0 Å². The highest BCUT2D eigenvalue weighted by Gasteiger charge is 2.57. The monoisotopic (exact) mass is 387 g/mol. The Morgan fingerprint density at radius 3 is 2.25 bits per heavy atom. The number of hydrogen-bond donors (Lipinski definition) is 0. The van der Waals surface area contributed by atoms with E-state index in [2.05, 4.69) is 15.9 Å². The molecule has 2 saturated heterocycles. The fourth-order valence-corrected chi connectivity index (χ4v) is 4.23. The number of alkyl halides is 1. The predicted molar refractivity (Wildman–Crippen MR) is 93.8 cm³/mol. The molecular formula is C19H18BrNO3. The molecule has 0 bridgehead atoms. The fraction of sp³-hybridized carbons (Fsp3) is 0.316. The van der Waals surface area contributed by atoms with Gasteiger partial charge in [-0.2, -0.15) is 0 Å². The van der Waals surface area contributed by atoms with Crippen LogP contribution in [0.4, 0.5) is 4.79 Å². The molecule has 0 aromatic heterocycles. The highest BCUT2D eigenvalue weighted by atomic mass is 79.9. The molecule has 0 radical (unpaired) electrons. The van der Waals surface area contributed by atoms with E-state index < -0.39 is 10.4 Å². The topological polar surface area (TPSA) is 38.8 Å². The number of carbonyl (C=O) groups is 1. The summed E-state index contributed by atoms with van der Waals surface area (Å²) in [4.78, 5) is 14.4. The van der Waals surface area contributed by atoms with E-state index in [-0.39, 0.29) is 18.4 Å². The van der Waals surface area contributed by atoms with Gasteiger partial charge in [0.25, 0.3) is 0 Å². The van der Waals surface area contributed by atoms with Gasteiger partial charge in [0.15, 0.2) is 6.23 Å². The molecule has 2 aromatic rings. The van der Waals surface area contributed by atoms with Crippen LogP contribution in [0, 0.1) is 0 Å². The van der Waals surface area contributed by atoms with Crippen molar-refractivity contribution in [1.29, 1.82) is 0 Å². The van der Waals surface area contributed by atoms with Crippen molar-refractivity contribution in [3.8, 4) is 0 Å². The number of ether oxygens (including phenoxy) is 2. The van der Waals surface area contributed by atoms with Gasteiger partial charge < -0.3 is 9.47 Å². The number of rotatable bonds is 2. The lowest BCUT2D eigenvalue weighted by Crippen LogP contribution is -2.57. The zero-order valence-corrected chi connectivity index (χ0v) is 14.8. The van der Waals surface area contributed by atoms with Crippen LogP contribution < -0.4 is 0 Å². The molecule has 4 atom stereocenters. The summed E-state index contributed by atoms with van der Waals surface area (Å²) >= 11 is 3.79. The molecule has 0 unspecified atom stereocenters. The normalized spacial score (nSPS) is 32.3. The van der Waals surface area contributed by atoms with Crippen molar-refractivity contribution >= 4 is 22.0 Å². The number of halogens is 1. The first-order chi connectivity index (χ1) is 11.6. The van der Waals surface area contributed by atoms with E-state index in [1.54, 1.807) is 4.90 Å². The minimum Gasteiger partial charge on any atom is -0.439 e. The molecule has 5 heteroatoms. The molecule has 2 aliphatic heterocycles. The largest absolute Gasteiger partial charge is 0.439 e. The number of cyclic esters (lactones) is 1. The fourth-order valence-electron chi connectivity index (χ4n) is 3.52. The van der Waals surface area contributed by atoms with Crippen LogP contribution in [0.3, 0.4) is 0 Å². The summed E-state index contributed by atoms with van der Waals surface area (Å²) in [6, 6.07) is 19.6. The standard InChI is InChI=1S/C19H18BrNO3/c1-19(20)16(14-10-6-3-7-11-14)24-18(22)21-15(12-23-17(19)21)13-8-4-2-5-9-13/h2-11,15-17H,12H2,1H3/t15-,16-,17+,19-/m0/s1. The van der Waals surface area contributed by atoms with Gasteiger partial charge in [-0.1, -0.05) is 76.6 Å². The minimum atomic E-state index is -0.536. The highest BCUT2D eigenvalue weighted by Crippen LogP contribution is 2.50. The number of carbonyl (C=O) groups excluding carboxylic acids is 1. The van der Waals surface area contributed by atoms with Crippen LogP contribution in [-0.2, 0) is 9.47 Å². The van der Waals surface area contributed by atoms with Gasteiger partial charge in [0.2, 0.25) is 0 Å². The molecule has 0 N–H and O–H groups in total. The summed E-state index contributed by atoms with van der Waals surface area (Å²) in [5.41, 5.74) is 2.01. The van der Waals surface area contributed by atoms with Gasteiger partial charge in [0, 0.05) is 0 Å². The third kappa shape index (κ3) is 2.43. The summed E-state index contributed by atoms with van der Waals surface area (Å²) in [5, 5.41) is 0. The van der Waals surface area contributed by atoms with E-state index in [4.69, 9.17) is 9.47 Å². The van der Waals surface area contributed by atoms with Gasteiger partial charge in [0.1, 0.15) is 10.4 Å². The molecule has 4 rings (SSSR count). The minimum absolute atomic E-state index is 0.128. The number of benzene rings is 2. The lowest BCUT2D eigenvalue weighted by atomic mass is 9.93. The molecule has 2 heterocycles. The molecule has 4 nitrogen and oxygen atoms in total. The quantitative estimate of drug-likeness (QED) is 0.715. The SMILES string of the molecule is C[C@]1(Br)[C@H](c2ccccc2)OC(=O)N2[C@H](c3ccccc3)CO[C@@H]21. The van der Waals surface area contributed by atoms with Crippen molar-refractivity contribution in [2.75, 3.05) is 6.61 Å². The van der Waals surface area contributed by atoms with Crippen LogP contribution in [0.1, 0.15) is 30.2 Å². The van der Waals surface area contributed by atoms with Gasteiger partial charge in [-0.15, -0.1) is 0 Å². The molecular weight excluding hydrogens is 370 g/mol. The first-order valence-corrected chi connectivity index (χ1v) is 8.77. The molecule has 0 saturated carbocycles. The van der Waals surface area contributed by atoms with Crippen molar-refractivity contribution in [3.05, 3.63) is 71.8 Å². The Labute approximate surface area is 149 Å². The third-order valence-electron chi connectivity index (χ3n) is 4.71. The first kappa shape index (κ1) is 15.7. The number of fused-ring (bicyclic) bond motifs is 1. The molecule has 0 spiro atoms. The average Bonchev–Trinajstić information content (AvgIpc) is 3.06. The Kier molecular flexibility index (Phi) is 3.85. The number of hydrogen-bond acceptors (Lipinski definition) is 3. The van der Waals surface area contributed by atoms with Crippen molar-refractivity contribution in [2.24, 2.45) is 0 Å². The molecule has 0 aliphatic carbocycles. The molecule has 124 valence electrons.